The predicted octanol–water partition coefficient (Wildman–Crippen LogP) is 4.32. The lowest BCUT2D eigenvalue weighted by atomic mass is 9.91. The van der Waals surface area contributed by atoms with Gasteiger partial charge in [0.15, 0.2) is 0 Å². The normalized spacial score (nSPS) is 20.4. The third-order valence-corrected chi connectivity index (χ3v) is 4.32. The molecule has 0 bridgehead atoms. The first-order chi connectivity index (χ1) is 9.29. The van der Waals surface area contributed by atoms with Crippen molar-refractivity contribution in [3.05, 3.63) is 35.5 Å². The second-order valence-corrected chi connectivity index (χ2v) is 5.86. The number of hydrogen-bond donors (Lipinski definition) is 2. The van der Waals surface area contributed by atoms with E-state index in [1.54, 1.807) is 5.56 Å². The number of aryl methyl sites for hydroxylation is 1. The molecule has 2 N–H and O–H groups in total. The summed E-state index contributed by atoms with van der Waals surface area (Å²) in [6.07, 6.45) is 6.28. The first kappa shape index (κ1) is 12.7. The van der Waals surface area contributed by atoms with Gasteiger partial charge in [-0.15, -0.1) is 0 Å². The Hall–Kier alpha value is -1.28. The minimum absolute atomic E-state index is 0.512. The first-order valence-electron chi connectivity index (χ1n) is 7.65. The number of aromatic nitrogens is 1. The van der Waals surface area contributed by atoms with E-state index in [0.717, 1.165) is 0 Å². The van der Waals surface area contributed by atoms with E-state index >= 15 is 0 Å². The maximum Gasteiger partial charge on any atom is 0.0478 e. The van der Waals surface area contributed by atoms with Gasteiger partial charge in [-0.25, -0.2) is 0 Å². The van der Waals surface area contributed by atoms with Crippen molar-refractivity contribution < 1.29 is 0 Å². The van der Waals surface area contributed by atoms with Gasteiger partial charge in [0.25, 0.3) is 0 Å². The summed E-state index contributed by atoms with van der Waals surface area (Å²) in [5.74, 6) is 0. The van der Waals surface area contributed by atoms with E-state index in [0.29, 0.717) is 12.1 Å². The molecule has 0 aliphatic heterocycles. The fourth-order valence-electron chi connectivity index (χ4n) is 3.44. The Morgan fingerprint density at radius 2 is 2.21 bits per heavy atom. The van der Waals surface area contributed by atoms with E-state index in [1.165, 1.54) is 48.7 Å². The zero-order chi connectivity index (χ0) is 13.2. The van der Waals surface area contributed by atoms with Crippen LogP contribution < -0.4 is 5.32 Å². The molecule has 1 aliphatic rings. The Morgan fingerprint density at radius 3 is 3.05 bits per heavy atom. The number of rotatable bonds is 4. The monoisotopic (exact) mass is 256 g/mol. The molecule has 3 rings (SSSR count). The van der Waals surface area contributed by atoms with Crippen LogP contribution in [0.2, 0.25) is 0 Å². The molecular weight excluding hydrogens is 232 g/mol. The minimum atomic E-state index is 0.512. The maximum atomic E-state index is 3.81. The fraction of sp³-hybridized carbons (Fsp3) is 0.529. The quantitative estimate of drug-likeness (QED) is 0.837. The van der Waals surface area contributed by atoms with Crippen LogP contribution in [0, 0.1) is 0 Å². The molecule has 2 nitrogen and oxygen atoms in total. The fourth-order valence-corrected chi connectivity index (χ4v) is 3.44. The van der Waals surface area contributed by atoms with Crippen LogP contribution in [0.4, 0.5) is 0 Å². The molecule has 1 aromatic carbocycles. The summed E-state index contributed by atoms with van der Waals surface area (Å²) in [4.78, 5) is 3.65. The van der Waals surface area contributed by atoms with Gasteiger partial charge in [-0.05, 0) is 44.2 Å². The summed E-state index contributed by atoms with van der Waals surface area (Å²) in [6.45, 7) is 4.56. The largest absolute Gasteiger partial charge is 0.357 e. The van der Waals surface area contributed by atoms with Gasteiger partial charge in [0.05, 0.1) is 0 Å². The SMILES string of the molecule is CCCC(C)NC1CCCc2c1[nH]c1ccccc21. The lowest BCUT2D eigenvalue weighted by Crippen LogP contribution is -2.32. The molecule has 1 aliphatic carbocycles. The molecule has 2 aromatic rings. The molecule has 0 spiro atoms. The van der Waals surface area contributed by atoms with Gasteiger partial charge in [0, 0.05) is 28.7 Å². The number of nitrogens with one attached hydrogen (secondary N) is 2. The standard InChI is InChI=1S/C17H24N2/c1-3-7-12(2)18-16-11-6-9-14-13-8-4-5-10-15(13)19-17(14)16/h4-5,8,10,12,16,18-19H,3,6-7,9,11H2,1-2H3. The molecule has 102 valence electrons. The average molecular weight is 256 g/mol. The molecule has 2 heteroatoms. The molecule has 0 fully saturated rings. The van der Waals surface area contributed by atoms with Gasteiger partial charge in [-0.3, -0.25) is 0 Å². The molecule has 0 saturated carbocycles. The number of fused-ring (bicyclic) bond motifs is 3. The summed E-state index contributed by atoms with van der Waals surface area (Å²) < 4.78 is 0. The van der Waals surface area contributed by atoms with Crippen LogP contribution >= 0.6 is 0 Å². The number of benzene rings is 1. The van der Waals surface area contributed by atoms with E-state index in [-0.39, 0.29) is 0 Å². The summed E-state index contributed by atoms with van der Waals surface area (Å²) >= 11 is 0. The Morgan fingerprint density at radius 1 is 1.37 bits per heavy atom. The van der Waals surface area contributed by atoms with Gasteiger partial charge in [0.2, 0.25) is 0 Å². The van der Waals surface area contributed by atoms with E-state index < -0.39 is 0 Å². The van der Waals surface area contributed by atoms with Crippen LogP contribution in [0.15, 0.2) is 24.3 Å². The third kappa shape index (κ3) is 2.42. The smallest absolute Gasteiger partial charge is 0.0478 e. The number of hydrogen-bond acceptors (Lipinski definition) is 1. The van der Waals surface area contributed by atoms with Crippen LogP contribution in [0.5, 0.6) is 0 Å². The third-order valence-electron chi connectivity index (χ3n) is 4.32. The summed E-state index contributed by atoms with van der Waals surface area (Å²) in [6, 6.07) is 9.83. The van der Waals surface area contributed by atoms with Crippen molar-refractivity contribution in [2.24, 2.45) is 0 Å². The molecule has 1 aromatic heterocycles. The summed E-state index contributed by atoms with van der Waals surface area (Å²) in [5.41, 5.74) is 4.28. The number of H-pyrrole nitrogens is 1. The van der Waals surface area contributed by atoms with Crippen molar-refractivity contribution in [1.82, 2.24) is 10.3 Å². The van der Waals surface area contributed by atoms with Gasteiger partial charge < -0.3 is 10.3 Å². The Bertz CT molecular complexity index is 555. The molecule has 2 unspecified atom stereocenters. The van der Waals surface area contributed by atoms with Crippen molar-refractivity contribution in [3.63, 3.8) is 0 Å². The predicted molar refractivity (Wildman–Crippen MR) is 81.5 cm³/mol. The molecule has 2 atom stereocenters. The first-order valence-corrected chi connectivity index (χ1v) is 7.65. The molecule has 0 saturated heterocycles. The maximum absolute atomic E-state index is 3.81. The van der Waals surface area contributed by atoms with Crippen LogP contribution in [-0.2, 0) is 6.42 Å². The highest BCUT2D eigenvalue weighted by atomic mass is 15.0. The Balaban J connectivity index is 1.91. The van der Waals surface area contributed by atoms with Gasteiger partial charge >= 0.3 is 0 Å². The summed E-state index contributed by atoms with van der Waals surface area (Å²) in [7, 11) is 0. The van der Waals surface area contributed by atoms with Crippen molar-refractivity contribution >= 4 is 10.9 Å². The Kier molecular flexibility index (Phi) is 3.61. The van der Waals surface area contributed by atoms with Gasteiger partial charge in [-0.1, -0.05) is 31.5 Å². The summed E-state index contributed by atoms with van der Waals surface area (Å²) in [5, 5.41) is 5.23. The second kappa shape index (κ2) is 5.38. The average Bonchev–Trinajstić information content (AvgIpc) is 2.79. The van der Waals surface area contributed by atoms with E-state index in [4.69, 9.17) is 0 Å². The highest BCUT2D eigenvalue weighted by Gasteiger charge is 2.24. The van der Waals surface area contributed by atoms with Crippen molar-refractivity contribution in [1.29, 1.82) is 0 Å². The highest BCUT2D eigenvalue weighted by molar-refractivity contribution is 5.85. The van der Waals surface area contributed by atoms with Gasteiger partial charge in [0.1, 0.15) is 0 Å². The lowest BCUT2D eigenvalue weighted by Gasteiger charge is -2.27. The second-order valence-electron chi connectivity index (χ2n) is 5.86. The van der Waals surface area contributed by atoms with Crippen LogP contribution in [0.25, 0.3) is 10.9 Å². The molecule has 1 heterocycles. The van der Waals surface area contributed by atoms with E-state index in [2.05, 4.69) is 48.4 Å². The zero-order valence-corrected chi connectivity index (χ0v) is 12.0. The topological polar surface area (TPSA) is 27.8 Å². The molecule has 0 amide bonds. The van der Waals surface area contributed by atoms with Crippen LogP contribution in [-0.4, -0.2) is 11.0 Å². The molecular formula is C17H24N2. The van der Waals surface area contributed by atoms with E-state index in [1.807, 2.05) is 0 Å². The van der Waals surface area contributed by atoms with Crippen LogP contribution in [0.3, 0.4) is 0 Å². The van der Waals surface area contributed by atoms with Gasteiger partial charge in [-0.2, -0.15) is 0 Å². The zero-order valence-electron chi connectivity index (χ0n) is 12.0. The highest BCUT2D eigenvalue weighted by Crippen LogP contribution is 2.34. The van der Waals surface area contributed by atoms with Crippen molar-refractivity contribution in [3.8, 4) is 0 Å². The molecule has 19 heavy (non-hydrogen) atoms. The van der Waals surface area contributed by atoms with Crippen molar-refractivity contribution in [2.45, 2.75) is 58.0 Å². The van der Waals surface area contributed by atoms with Crippen molar-refractivity contribution in [2.75, 3.05) is 0 Å². The Labute approximate surface area is 115 Å². The lowest BCUT2D eigenvalue weighted by molar-refractivity contribution is 0.389. The molecule has 0 radical (unpaired) electrons. The van der Waals surface area contributed by atoms with Crippen LogP contribution in [0.1, 0.15) is 56.8 Å². The van der Waals surface area contributed by atoms with E-state index in [9.17, 15) is 0 Å². The number of aromatic amines is 1. The number of para-hydroxylation sites is 1. The minimum Gasteiger partial charge on any atom is -0.357 e.